The maximum atomic E-state index is 14.2. The highest BCUT2D eigenvalue weighted by molar-refractivity contribution is 6.23. The van der Waals surface area contributed by atoms with Crippen LogP contribution in [0, 0.1) is 11.8 Å². The van der Waals surface area contributed by atoms with Crippen LogP contribution in [-0.2, 0) is 16.9 Å². The molecular formula is C35H38N4O4. The SMILES string of the molecule is O=C1c2cccc(N3CCCC(C(=O)N4CC[C@@](O)(c5ccccc5)[C@H]5CCCC[C@H]54)C3)c2C(=O)N1Cc1cccnc1. The highest BCUT2D eigenvalue weighted by Crippen LogP contribution is 2.47. The minimum Gasteiger partial charge on any atom is -0.385 e. The number of piperidine rings is 2. The Hall–Kier alpha value is -4.04. The predicted octanol–water partition coefficient (Wildman–Crippen LogP) is 4.77. The van der Waals surface area contributed by atoms with Gasteiger partial charge in [-0.2, -0.15) is 0 Å². The fraction of sp³-hybridized carbons (Fsp3) is 0.429. The smallest absolute Gasteiger partial charge is 0.263 e. The summed E-state index contributed by atoms with van der Waals surface area (Å²) >= 11 is 0. The second kappa shape index (κ2) is 11.2. The Kier molecular flexibility index (Phi) is 7.25. The van der Waals surface area contributed by atoms with Crippen LogP contribution in [0.4, 0.5) is 5.69 Å². The molecule has 3 aliphatic heterocycles. The van der Waals surface area contributed by atoms with E-state index in [9.17, 15) is 19.5 Å². The van der Waals surface area contributed by atoms with Crippen molar-refractivity contribution in [1.29, 1.82) is 0 Å². The first-order chi connectivity index (χ1) is 21.0. The van der Waals surface area contributed by atoms with Gasteiger partial charge in [0.05, 0.1) is 34.9 Å². The van der Waals surface area contributed by atoms with Crippen LogP contribution in [0.2, 0.25) is 0 Å². The van der Waals surface area contributed by atoms with Crippen LogP contribution in [-0.4, -0.2) is 63.3 Å². The molecule has 7 rings (SSSR count). The van der Waals surface area contributed by atoms with E-state index in [-0.39, 0.29) is 42.1 Å². The van der Waals surface area contributed by atoms with Crippen LogP contribution in [0.5, 0.6) is 0 Å². The summed E-state index contributed by atoms with van der Waals surface area (Å²) in [7, 11) is 0. The van der Waals surface area contributed by atoms with Gasteiger partial charge in [0.1, 0.15) is 0 Å². The number of nitrogens with zero attached hydrogens (tertiary/aromatic N) is 4. The Morgan fingerprint density at radius 3 is 2.56 bits per heavy atom. The number of hydrogen-bond donors (Lipinski definition) is 1. The quantitative estimate of drug-likeness (QED) is 0.439. The van der Waals surface area contributed by atoms with Crippen molar-refractivity contribution >= 4 is 23.4 Å². The van der Waals surface area contributed by atoms with E-state index in [0.29, 0.717) is 30.6 Å². The summed E-state index contributed by atoms with van der Waals surface area (Å²) < 4.78 is 0. The Morgan fingerprint density at radius 2 is 1.74 bits per heavy atom. The average molecular weight is 579 g/mol. The lowest BCUT2D eigenvalue weighted by atomic mass is 9.66. The molecule has 1 N–H and O–H groups in total. The second-order valence-corrected chi connectivity index (χ2v) is 12.6. The van der Waals surface area contributed by atoms with Gasteiger partial charge in [0.25, 0.3) is 11.8 Å². The molecule has 222 valence electrons. The van der Waals surface area contributed by atoms with Gasteiger partial charge in [0, 0.05) is 44.0 Å². The number of carbonyl (C=O) groups excluding carboxylic acids is 3. The molecule has 1 aliphatic carbocycles. The second-order valence-electron chi connectivity index (χ2n) is 12.6. The number of anilines is 1. The first-order valence-electron chi connectivity index (χ1n) is 15.7. The van der Waals surface area contributed by atoms with Gasteiger partial charge in [0.2, 0.25) is 5.91 Å². The lowest BCUT2D eigenvalue weighted by molar-refractivity contribution is -0.158. The van der Waals surface area contributed by atoms with Crippen molar-refractivity contribution in [2.45, 2.75) is 63.1 Å². The minimum atomic E-state index is -0.916. The molecule has 1 saturated carbocycles. The molecule has 8 nitrogen and oxygen atoms in total. The number of benzene rings is 2. The number of rotatable bonds is 5. The third-order valence-corrected chi connectivity index (χ3v) is 10.2. The summed E-state index contributed by atoms with van der Waals surface area (Å²) in [5, 5.41) is 12.0. The van der Waals surface area contributed by atoms with Gasteiger partial charge < -0.3 is 14.9 Å². The number of hydrogen-bond acceptors (Lipinski definition) is 6. The normalized spacial score (nSPS) is 27.2. The van der Waals surface area contributed by atoms with Crippen molar-refractivity contribution in [3.05, 3.63) is 95.3 Å². The highest BCUT2D eigenvalue weighted by atomic mass is 16.3. The minimum absolute atomic E-state index is 0.0212. The van der Waals surface area contributed by atoms with Crippen LogP contribution in [0.15, 0.2) is 73.1 Å². The number of aromatic nitrogens is 1. The van der Waals surface area contributed by atoms with Crippen molar-refractivity contribution in [2.24, 2.45) is 11.8 Å². The molecule has 2 aromatic carbocycles. The van der Waals surface area contributed by atoms with E-state index in [2.05, 4.69) is 14.8 Å². The molecule has 3 aromatic rings. The van der Waals surface area contributed by atoms with Gasteiger partial charge in [-0.25, -0.2) is 0 Å². The molecule has 4 heterocycles. The molecule has 0 radical (unpaired) electrons. The fourth-order valence-electron chi connectivity index (χ4n) is 8.07. The van der Waals surface area contributed by atoms with E-state index >= 15 is 0 Å². The maximum absolute atomic E-state index is 14.2. The van der Waals surface area contributed by atoms with Gasteiger partial charge in [-0.15, -0.1) is 0 Å². The summed E-state index contributed by atoms with van der Waals surface area (Å²) in [6.45, 7) is 1.95. The van der Waals surface area contributed by atoms with E-state index in [0.717, 1.165) is 61.9 Å². The Labute approximate surface area is 252 Å². The van der Waals surface area contributed by atoms with Crippen molar-refractivity contribution in [3.8, 4) is 0 Å². The topological polar surface area (TPSA) is 94.1 Å². The lowest BCUT2D eigenvalue weighted by Gasteiger charge is -2.53. The molecule has 0 bridgehead atoms. The van der Waals surface area contributed by atoms with Crippen LogP contribution in [0.1, 0.15) is 76.8 Å². The maximum Gasteiger partial charge on any atom is 0.263 e. The van der Waals surface area contributed by atoms with Crippen LogP contribution >= 0.6 is 0 Å². The molecule has 8 heteroatoms. The van der Waals surface area contributed by atoms with Gasteiger partial charge in [-0.1, -0.05) is 55.3 Å². The summed E-state index contributed by atoms with van der Waals surface area (Å²) in [4.78, 5) is 50.8. The first kappa shape index (κ1) is 27.8. The van der Waals surface area contributed by atoms with Crippen LogP contribution in [0.25, 0.3) is 0 Å². The average Bonchev–Trinajstić information content (AvgIpc) is 3.30. The zero-order valence-corrected chi connectivity index (χ0v) is 24.4. The molecule has 0 spiro atoms. The zero-order chi connectivity index (χ0) is 29.6. The molecule has 3 fully saturated rings. The molecule has 4 aliphatic rings. The van der Waals surface area contributed by atoms with E-state index in [1.165, 1.54) is 4.90 Å². The third-order valence-electron chi connectivity index (χ3n) is 10.2. The van der Waals surface area contributed by atoms with Crippen LogP contribution < -0.4 is 4.90 Å². The summed E-state index contributed by atoms with van der Waals surface area (Å²) in [5.74, 6) is -0.612. The Balaban J connectivity index is 1.11. The van der Waals surface area contributed by atoms with Crippen molar-refractivity contribution < 1.29 is 19.5 Å². The van der Waals surface area contributed by atoms with Gasteiger partial charge in [-0.3, -0.25) is 24.3 Å². The van der Waals surface area contributed by atoms with Gasteiger partial charge >= 0.3 is 0 Å². The fourth-order valence-corrected chi connectivity index (χ4v) is 8.07. The number of pyridine rings is 1. The molecule has 1 unspecified atom stereocenters. The molecule has 4 atom stereocenters. The standard InChI is InChI=1S/C35H38N4O4/c40-32(38-20-17-35(43,26-11-2-1-3-12-26)28-14-4-5-15-29(28)38)25-10-8-19-37(23-25)30-16-6-13-27-31(30)34(42)39(33(27)41)22-24-9-7-18-36-21-24/h1-3,6-7,9,11-13,16,18,21,25,28-29,43H,4-5,8,10,14-15,17,19-20,22-23H2/t25?,28-,29+,35+/m0/s1. The van der Waals surface area contributed by atoms with E-state index < -0.39 is 5.60 Å². The molecule has 1 aromatic heterocycles. The number of aliphatic hydroxyl groups is 1. The number of carbonyl (C=O) groups is 3. The van der Waals surface area contributed by atoms with Gasteiger partial charge in [-0.05, 0) is 61.4 Å². The largest absolute Gasteiger partial charge is 0.385 e. The van der Waals surface area contributed by atoms with E-state index in [1.54, 1.807) is 24.5 Å². The monoisotopic (exact) mass is 578 g/mol. The molecule has 43 heavy (non-hydrogen) atoms. The Morgan fingerprint density at radius 1 is 0.907 bits per heavy atom. The van der Waals surface area contributed by atoms with Crippen molar-refractivity contribution in [1.82, 2.24) is 14.8 Å². The number of imide groups is 1. The number of amides is 3. The predicted molar refractivity (Wildman–Crippen MR) is 162 cm³/mol. The van der Waals surface area contributed by atoms with Gasteiger partial charge in [0.15, 0.2) is 0 Å². The third kappa shape index (κ3) is 4.82. The zero-order valence-electron chi connectivity index (χ0n) is 24.4. The van der Waals surface area contributed by atoms with Crippen LogP contribution in [0.3, 0.4) is 0 Å². The van der Waals surface area contributed by atoms with Crippen molar-refractivity contribution in [3.63, 3.8) is 0 Å². The Bertz CT molecular complexity index is 1530. The lowest BCUT2D eigenvalue weighted by Crippen LogP contribution is -2.60. The summed E-state index contributed by atoms with van der Waals surface area (Å²) in [5.41, 5.74) is 2.42. The number of likely N-dealkylation sites (tertiary alicyclic amines) is 1. The first-order valence-corrected chi connectivity index (χ1v) is 15.7. The molecular weight excluding hydrogens is 540 g/mol. The van der Waals surface area contributed by atoms with E-state index in [1.807, 2.05) is 48.5 Å². The summed E-state index contributed by atoms with van der Waals surface area (Å²) in [6, 6.07) is 19.1. The highest BCUT2D eigenvalue weighted by Gasteiger charge is 2.51. The molecule has 3 amide bonds. The number of fused-ring (bicyclic) bond motifs is 2. The van der Waals surface area contributed by atoms with E-state index in [4.69, 9.17) is 0 Å². The molecule has 2 saturated heterocycles. The summed E-state index contributed by atoms with van der Waals surface area (Å²) in [6.07, 6.45) is 9.46. The van der Waals surface area contributed by atoms with Crippen molar-refractivity contribution in [2.75, 3.05) is 24.5 Å².